The molecule has 1 aromatic rings. The SMILES string of the molecule is Cc1cc(S(=O)(=O)N[C@H](C(=O)O)C(C)(C)C)sc1Br. The van der Waals surface area contributed by atoms with Gasteiger partial charge in [-0.2, -0.15) is 4.72 Å². The van der Waals surface area contributed by atoms with E-state index >= 15 is 0 Å². The molecule has 1 aromatic heterocycles. The van der Waals surface area contributed by atoms with Gasteiger partial charge in [0.1, 0.15) is 10.3 Å². The smallest absolute Gasteiger partial charge is 0.322 e. The van der Waals surface area contributed by atoms with Crippen LogP contribution in [0.2, 0.25) is 0 Å². The number of aliphatic carboxylic acids is 1. The second-order valence-corrected chi connectivity index (χ2v) is 9.59. The van der Waals surface area contributed by atoms with Crippen LogP contribution in [0, 0.1) is 12.3 Å². The highest BCUT2D eigenvalue weighted by Gasteiger charge is 2.35. The number of carboxylic acids is 1. The van der Waals surface area contributed by atoms with Crippen LogP contribution in [0.4, 0.5) is 0 Å². The average molecular weight is 370 g/mol. The maximum absolute atomic E-state index is 12.2. The molecule has 1 atom stereocenters. The summed E-state index contributed by atoms with van der Waals surface area (Å²) in [5, 5.41) is 9.15. The zero-order valence-electron chi connectivity index (χ0n) is 11.0. The minimum atomic E-state index is -3.83. The van der Waals surface area contributed by atoms with Crippen LogP contribution >= 0.6 is 27.3 Å². The van der Waals surface area contributed by atoms with Crippen molar-refractivity contribution in [2.24, 2.45) is 5.41 Å². The van der Waals surface area contributed by atoms with E-state index in [1.165, 1.54) is 6.07 Å². The Balaban J connectivity index is 3.11. The van der Waals surface area contributed by atoms with Crippen LogP contribution in [0.1, 0.15) is 26.3 Å². The Morgan fingerprint density at radius 1 is 1.47 bits per heavy atom. The predicted octanol–water partition coefficient (Wildman–Crippen LogP) is 2.60. The van der Waals surface area contributed by atoms with Gasteiger partial charge in [-0.05, 0) is 39.9 Å². The summed E-state index contributed by atoms with van der Waals surface area (Å²) in [7, 11) is -3.83. The van der Waals surface area contributed by atoms with Crippen LogP contribution in [-0.4, -0.2) is 25.5 Å². The fourth-order valence-electron chi connectivity index (χ4n) is 1.38. The number of halogens is 1. The van der Waals surface area contributed by atoms with E-state index in [2.05, 4.69) is 20.7 Å². The van der Waals surface area contributed by atoms with Gasteiger partial charge in [0, 0.05) is 0 Å². The molecular formula is C11H16BrNO4S2. The van der Waals surface area contributed by atoms with Crippen molar-refractivity contribution in [3.63, 3.8) is 0 Å². The summed E-state index contributed by atoms with van der Waals surface area (Å²) in [6, 6.07) is 0.331. The molecule has 0 saturated heterocycles. The molecule has 0 bridgehead atoms. The Hall–Kier alpha value is -0.440. The Morgan fingerprint density at radius 2 is 2.00 bits per heavy atom. The van der Waals surface area contributed by atoms with Crippen LogP contribution in [0.25, 0.3) is 0 Å². The molecule has 1 heterocycles. The lowest BCUT2D eigenvalue weighted by atomic mass is 9.88. The third-order valence-electron chi connectivity index (χ3n) is 2.49. The number of carboxylic acid groups (broad SMARTS) is 1. The number of nitrogens with one attached hydrogen (secondary N) is 1. The first-order chi connectivity index (χ1) is 8.45. The van der Waals surface area contributed by atoms with Gasteiger partial charge in [0.25, 0.3) is 10.0 Å². The van der Waals surface area contributed by atoms with Gasteiger partial charge in [-0.1, -0.05) is 20.8 Å². The van der Waals surface area contributed by atoms with Gasteiger partial charge in [0.05, 0.1) is 3.79 Å². The van der Waals surface area contributed by atoms with E-state index in [9.17, 15) is 13.2 Å². The fraction of sp³-hybridized carbons (Fsp3) is 0.545. The molecular weight excluding hydrogens is 354 g/mol. The fourth-order valence-corrected chi connectivity index (χ4v) is 5.01. The first-order valence-electron chi connectivity index (χ1n) is 5.46. The normalized spacial score (nSPS) is 14.4. The molecule has 0 radical (unpaired) electrons. The number of thiophene rings is 1. The lowest BCUT2D eigenvalue weighted by Gasteiger charge is -2.27. The third kappa shape index (κ3) is 4.01. The molecule has 2 N–H and O–H groups in total. The number of hydrogen-bond donors (Lipinski definition) is 2. The molecule has 8 heteroatoms. The summed E-state index contributed by atoms with van der Waals surface area (Å²) in [6.07, 6.45) is 0. The molecule has 19 heavy (non-hydrogen) atoms. The summed E-state index contributed by atoms with van der Waals surface area (Å²) >= 11 is 4.31. The number of carbonyl (C=O) groups is 1. The lowest BCUT2D eigenvalue weighted by molar-refractivity contribution is -0.141. The van der Waals surface area contributed by atoms with Crippen molar-refractivity contribution in [2.45, 2.75) is 37.9 Å². The molecule has 0 saturated carbocycles. The van der Waals surface area contributed by atoms with Crippen molar-refractivity contribution < 1.29 is 18.3 Å². The lowest BCUT2D eigenvalue weighted by Crippen LogP contribution is -2.48. The van der Waals surface area contributed by atoms with E-state index in [0.29, 0.717) is 0 Å². The number of aryl methyl sites for hydroxylation is 1. The Morgan fingerprint density at radius 3 is 2.32 bits per heavy atom. The molecule has 1 rings (SSSR count). The van der Waals surface area contributed by atoms with Crippen LogP contribution < -0.4 is 4.72 Å². The molecule has 0 unspecified atom stereocenters. The first-order valence-corrected chi connectivity index (χ1v) is 8.55. The monoisotopic (exact) mass is 369 g/mol. The molecule has 108 valence electrons. The van der Waals surface area contributed by atoms with Crippen LogP contribution in [0.3, 0.4) is 0 Å². The zero-order chi connectivity index (χ0) is 15.0. The quantitative estimate of drug-likeness (QED) is 0.854. The van der Waals surface area contributed by atoms with Crippen LogP contribution in [0.15, 0.2) is 14.1 Å². The highest BCUT2D eigenvalue weighted by molar-refractivity contribution is 9.11. The van der Waals surface area contributed by atoms with Gasteiger partial charge in [-0.15, -0.1) is 11.3 Å². The molecule has 0 aliphatic carbocycles. The summed E-state index contributed by atoms with van der Waals surface area (Å²) in [5.74, 6) is -1.19. The van der Waals surface area contributed by atoms with Crippen molar-refractivity contribution >= 4 is 43.3 Å². The molecule has 5 nitrogen and oxygen atoms in total. The number of hydrogen-bond acceptors (Lipinski definition) is 4. The van der Waals surface area contributed by atoms with Crippen molar-refractivity contribution in [1.29, 1.82) is 0 Å². The summed E-state index contributed by atoms with van der Waals surface area (Å²) in [6.45, 7) is 6.79. The minimum absolute atomic E-state index is 0.104. The Labute approximate surface area is 125 Å². The van der Waals surface area contributed by atoms with Crippen molar-refractivity contribution in [1.82, 2.24) is 4.72 Å². The summed E-state index contributed by atoms with van der Waals surface area (Å²) < 4.78 is 27.4. The minimum Gasteiger partial charge on any atom is -0.480 e. The largest absolute Gasteiger partial charge is 0.480 e. The molecule has 0 spiro atoms. The second kappa shape index (κ2) is 5.51. The van der Waals surface area contributed by atoms with Crippen molar-refractivity contribution in [3.05, 3.63) is 15.4 Å². The maximum atomic E-state index is 12.2. The maximum Gasteiger partial charge on any atom is 0.322 e. The topological polar surface area (TPSA) is 83.5 Å². The van der Waals surface area contributed by atoms with Crippen molar-refractivity contribution in [3.8, 4) is 0 Å². The molecule has 0 aliphatic heterocycles. The highest BCUT2D eigenvalue weighted by atomic mass is 79.9. The van der Waals surface area contributed by atoms with E-state index in [-0.39, 0.29) is 4.21 Å². The summed E-state index contributed by atoms with van der Waals surface area (Å²) in [5.41, 5.74) is 0.0793. The van der Waals surface area contributed by atoms with Crippen molar-refractivity contribution in [2.75, 3.05) is 0 Å². The predicted molar refractivity (Wildman–Crippen MR) is 78.0 cm³/mol. The van der Waals surface area contributed by atoms with Gasteiger partial charge < -0.3 is 5.11 Å². The van der Waals surface area contributed by atoms with E-state index in [0.717, 1.165) is 20.7 Å². The van der Waals surface area contributed by atoms with Gasteiger partial charge in [-0.3, -0.25) is 4.79 Å². The van der Waals surface area contributed by atoms with Gasteiger partial charge in [-0.25, -0.2) is 8.42 Å². The standard InChI is InChI=1S/C11H16BrNO4S2/c1-6-5-7(18-9(6)12)19(16,17)13-8(10(14)15)11(2,3)4/h5,8,13H,1-4H3,(H,14,15)/t8-/m1/s1. The van der Waals surface area contributed by atoms with E-state index < -0.39 is 27.4 Å². The third-order valence-corrected chi connectivity index (χ3v) is 6.52. The van der Waals surface area contributed by atoms with Gasteiger partial charge in [0.2, 0.25) is 0 Å². The Kier molecular flexibility index (Phi) is 4.82. The van der Waals surface area contributed by atoms with E-state index in [1.807, 2.05) is 0 Å². The summed E-state index contributed by atoms with van der Waals surface area (Å²) in [4.78, 5) is 11.2. The Bertz CT molecular complexity index is 567. The first kappa shape index (κ1) is 16.6. The molecule has 0 aliphatic rings. The number of sulfonamides is 1. The molecule has 0 fully saturated rings. The number of rotatable bonds is 4. The highest BCUT2D eigenvalue weighted by Crippen LogP contribution is 2.31. The second-order valence-electron chi connectivity index (χ2n) is 5.28. The van der Waals surface area contributed by atoms with Gasteiger partial charge in [0.15, 0.2) is 0 Å². The molecule has 0 amide bonds. The van der Waals surface area contributed by atoms with Crippen LogP contribution in [-0.2, 0) is 14.8 Å². The van der Waals surface area contributed by atoms with Gasteiger partial charge >= 0.3 is 5.97 Å². The van der Waals surface area contributed by atoms with E-state index in [1.54, 1.807) is 27.7 Å². The van der Waals surface area contributed by atoms with Crippen LogP contribution in [0.5, 0.6) is 0 Å². The average Bonchev–Trinajstić information content (AvgIpc) is 2.55. The molecule has 0 aromatic carbocycles. The zero-order valence-corrected chi connectivity index (χ0v) is 14.2. The van der Waals surface area contributed by atoms with E-state index in [4.69, 9.17) is 5.11 Å².